The molecule has 1 saturated heterocycles. The fourth-order valence-electron chi connectivity index (χ4n) is 4.00. The molecule has 2 aliphatic rings. The molecular formula is C21H18N4O3S. The lowest BCUT2D eigenvalue weighted by Gasteiger charge is -2.29. The van der Waals surface area contributed by atoms with E-state index >= 15 is 0 Å². The Labute approximate surface area is 171 Å². The Morgan fingerprint density at radius 1 is 1.17 bits per heavy atom. The summed E-state index contributed by atoms with van der Waals surface area (Å²) in [7, 11) is 1.96. The largest absolute Gasteiger partial charge is 0.333 e. The van der Waals surface area contributed by atoms with E-state index in [2.05, 4.69) is 10.7 Å². The van der Waals surface area contributed by atoms with Crippen LogP contribution in [0, 0.1) is 0 Å². The second-order valence-electron chi connectivity index (χ2n) is 7.34. The number of rotatable bonds is 3. The van der Waals surface area contributed by atoms with Gasteiger partial charge in [-0.2, -0.15) is 11.3 Å². The Morgan fingerprint density at radius 2 is 2.03 bits per heavy atom. The number of thiophene rings is 1. The number of amides is 3. The van der Waals surface area contributed by atoms with Gasteiger partial charge >= 0.3 is 0 Å². The van der Waals surface area contributed by atoms with Crippen LogP contribution in [0.4, 0.5) is 0 Å². The molecule has 146 valence electrons. The SMILES string of the molecule is Cn1cc(-c2ccc3c(c2)CN(C2CCC(=O)NC2=O)C3=O)nc1-c1ccsc1. The van der Waals surface area contributed by atoms with Crippen molar-refractivity contribution in [2.75, 3.05) is 0 Å². The minimum Gasteiger partial charge on any atom is -0.333 e. The highest BCUT2D eigenvalue weighted by atomic mass is 32.1. The van der Waals surface area contributed by atoms with Crippen LogP contribution in [0.25, 0.3) is 22.6 Å². The molecule has 29 heavy (non-hydrogen) atoms. The molecule has 4 heterocycles. The molecule has 8 heteroatoms. The van der Waals surface area contributed by atoms with E-state index in [4.69, 9.17) is 4.98 Å². The minimum atomic E-state index is -0.601. The predicted octanol–water partition coefficient (Wildman–Crippen LogP) is 2.58. The third-order valence-corrected chi connectivity index (χ3v) is 6.16. The Balaban J connectivity index is 1.44. The molecule has 0 aliphatic carbocycles. The maximum atomic E-state index is 12.8. The molecule has 3 amide bonds. The highest BCUT2D eigenvalue weighted by molar-refractivity contribution is 7.08. The predicted molar refractivity (Wildman–Crippen MR) is 108 cm³/mol. The zero-order valence-corrected chi connectivity index (χ0v) is 16.5. The summed E-state index contributed by atoms with van der Waals surface area (Å²) in [6, 6.07) is 7.10. The fraction of sp³-hybridized carbons (Fsp3) is 0.238. The van der Waals surface area contributed by atoms with Gasteiger partial charge in [0.15, 0.2) is 0 Å². The maximum absolute atomic E-state index is 12.8. The average Bonchev–Trinajstić information content (AvgIpc) is 3.41. The number of aryl methyl sites for hydroxylation is 1. The van der Waals surface area contributed by atoms with Crippen molar-refractivity contribution in [3.8, 4) is 22.6 Å². The van der Waals surface area contributed by atoms with Gasteiger partial charge in [-0.05, 0) is 35.6 Å². The summed E-state index contributed by atoms with van der Waals surface area (Å²) in [6.07, 6.45) is 2.59. The van der Waals surface area contributed by atoms with E-state index in [0.717, 1.165) is 28.2 Å². The van der Waals surface area contributed by atoms with Crippen molar-refractivity contribution in [1.82, 2.24) is 19.8 Å². The number of nitrogens with zero attached hydrogens (tertiary/aromatic N) is 3. The van der Waals surface area contributed by atoms with E-state index in [1.807, 2.05) is 41.4 Å². The van der Waals surface area contributed by atoms with Crippen molar-refractivity contribution in [1.29, 1.82) is 0 Å². The lowest BCUT2D eigenvalue weighted by atomic mass is 10.0. The molecular weight excluding hydrogens is 388 g/mol. The maximum Gasteiger partial charge on any atom is 0.255 e. The van der Waals surface area contributed by atoms with Crippen LogP contribution in [0.3, 0.4) is 0 Å². The molecule has 1 aromatic carbocycles. The molecule has 2 aromatic heterocycles. The normalized spacial score (nSPS) is 18.9. The molecule has 0 saturated carbocycles. The van der Waals surface area contributed by atoms with E-state index < -0.39 is 11.9 Å². The van der Waals surface area contributed by atoms with E-state index in [1.165, 1.54) is 0 Å². The summed E-state index contributed by atoms with van der Waals surface area (Å²) in [4.78, 5) is 42.8. The summed E-state index contributed by atoms with van der Waals surface area (Å²) in [5.74, 6) is 0.0473. The fourth-order valence-corrected chi connectivity index (χ4v) is 4.63. The van der Waals surface area contributed by atoms with E-state index in [9.17, 15) is 14.4 Å². The van der Waals surface area contributed by atoms with Gasteiger partial charge in [0.05, 0.1) is 5.69 Å². The molecule has 1 atom stereocenters. The molecule has 0 spiro atoms. The van der Waals surface area contributed by atoms with Gasteiger partial charge in [0.2, 0.25) is 11.8 Å². The number of benzene rings is 1. The highest BCUT2D eigenvalue weighted by Gasteiger charge is 2.39. The smallest absolute Gasteiger partial charge is 0.255 e. The Bertz CT molecular complexity index is 1150. The number of piperidine rings is 1. The lowest BCUT2D eigenvalue weighted by Crippen LogP contribution is -2.52. The van der Waals surface area contributed by atoms with Gasteiger partial charge in [0.25, 0.3) is 5.91 Å². The van der Waals surface area contributed by atoms with Crippen LogP contribution in [0.15, 0.2) is 41.2 Å². The molecule has 2 aliphatic heterocycles. The highest BCUT2D eigenvalue weighted by Crippen LogP contribution is 2.32. The third-order valence-electron chi connectivity index (χ3n) is 5.48. The molecule has 0 radical (unpaired) electrons. The molecule has 3 aromatic rings. The quantitative estimate of drug-likeness (QED) is 0.678. The number of aromatic nitrogens is 2. The number of hydrogen-bond acceptors (Lipinski definition) is 5. The standard InChI is InChI=1S/C21H18N4O3S/c1-24-10-16(22-19(24)13-6-7-29-11-13)12-2-3-15-14(8-12)9-25(21(15)28)17-4-5-18(26)23-20(17)27/h2-3,6-8,10-11,17H,4-5,9H2,1H3,(H,23,26,27). The van der Waals surface area contributed by atoms with Gasteiger partial charge in [-0.25, -0.2) is 4.98 Å². The van der Waals surface area contributed by atoms with Gasteiger partial charge in [-0.1, -0.05) is 6.07 Å². The number of carbonyl (C=O) groups excluding carboxylic acids is 3. The van der Waals surface area contributed by atoms with Crippen LogP contribution in [-0.2, 0) is 23.2 Å². The topological polar surface area (TPSA) is 84.3 Å². The van der Waals surface area contributed by atoms with Crippen molar-refractivity contribution in [2.45, 2.75) is 25.4 Å². The number of imide groups is 1. The van der Waals surface area contributed by atoms with Crippen LogP contribution in [0.2, 0.25) is 0 Å². The summed E-state index contributed by atoms with van der Waals surface area (Å²) in [5, 5.41) is 6.41. The van der Waals surface area contributed by atoms with Gasteiger partial charge < -0.3 is 9.47 Å². The summed E-state index contributed by atoms with van der Waals surface area (Å²) in [5.41, 5.74) is 4.32. The number of imidazole rings is 1. The van der Waals surface area contributed by atoms with Crippen molar-refractivity contribution >= 4 is 29.1 Å². The first-order valence-electron chi connectivity index (χ1n) is 9.35. The first-order chi connectivity index (χ1) is 14.0. The van der Waals surface area contributed by atoms with Crippen LogP contribution in [-0.4, -0.2) is 38.2 Å². The molecule has 5 rings (SSSR count). The molecule has 1 N–H and O–H groups in total. The summed E-state index contributed by atoms with van der Waals surface area (Å²) < 4.78 is 1.99. The number of carbonyl (C=O) groups is 3. The Hall–Kier alpha value is -3.26. The number of hydrogen-bond donors (Lipinski definition) is 1. The van der Waals surface area contributed by atoms with Crippen LogP contribution < -0.4 is 5.32 Å². The zero-order valence-electron chi connectivity index (χ0n) is 15.7. The van der Waals surface area contributed by atoms with E-state index in [-0.39, 0.29) is 18.2 Å². The van der Waals surface area contributed by atoms with E-state index in [1.54, 1.807) is 22.3 Å². The van der Waals surface area contributed by atoms with Gasteiger partial charge in [0.1, 0.15) is 11.9 Å². The van der Waals surface area contributed by atoms with Crippen LogP contribution in [0.1, 0.15) is 28.8 Å². The van der Waals surface area contributed by atoms with Crippen molar-refractivity contribution in [3.05, 3.63) is 52.3 Å². The van der Waals surface area contributed by atoms with Gasteiger partial charge in [-0.3, -0.25) is 19.7 Å². The van der Waals surface area contributed by atoms with E-state index in [0.29, 0.717) is 18.5 Å². The third kappa shape index (κ3) is 2.96. The van der Waals surface area contributed by atoms with Gasteiger partial charge in [0, 0.05) is 48.3 Å². The van der Waals surface area contributed by atoms with Crippen molar-refractivity contribution < 1.29 is 14.4 Å². The number of nitrogens with one attached hydrogen (secondary N) is 1. The lowest BCUT2D eigenvalue weighted by molar-refractivity contribution is -0.136. The average molecular weight is 406 g/mol. The molecule has 1 unspecified atom stereocenters. The first-order valence-corrected chi connectivity index (χ1v) is 10.3. The van der Waals surface area contributed by atoms with Gasteiger partial charge in [-0.15, -0.1) is 0 Å². The zero-order chi connectivity index (χ0) is 20.1. The molecule has 7 nitrogen and oxygen atoms in total. The van der Waals surface area contributed by atoms with Crippen molar-refractivity contribution in [2.24, 2.45) is 7.05 Å². The van der Waals surface area contributed by atoms with Crippen LogP contribution >= 0.6 is 11.3 Å². The number of fused-ring (bicyclic) bond motifs is 1. The Kier molecular flexibility index (Phi) is 4.09. The van der Waals surface area contributed by atoms with Crippen LogP contribution in [0.5, 0.6) is 0 Å². The van der Waals surface area contributed by atoms with Crippen molar-refractivity contribution in [3.63, 3.8) is 0 Å². The molecule has 1 fully saturated rings. The summed E-state index contributed by atoms with van der Waals surface area (Å²) >= 11 is 1.63. The Morgan fingerprint density at radius 3 is 2.79 bits per heavy atom. The monoisotopic (exact) mass is 406 g/mol. The second-order valence-corrected chi connectivity index (χ2v) is 8.12. The first kappa shape index (κ1) is 17.8. The minimum absolute atomic E-state index is 0.166. The summed E-state index contributed by atoms with van der Waals surface area (Å²) in [6.45, 7) is 0.360. The second kappa shape index (κ2) is 6.66. The molecule has 0 bridgehead atoms.